The second kappa shape index (κ2) is 8.31. The number of carbonyl (C=O) groups excluding carboxylic acids is 1. The number of non-ortho nitro benzene ring substituents is 1. The van der Waals surface area contributed by atoms with Gasteiger partial charge in [-0.15, -0.1) is 11.8 Å². The standard InChI is InChI=1S/C17H16ClFN2O3S/c1-10(13-5-3-4-6-15(13)19)25-11(2)17(22)20-16-8-7-12(21(23)24)9-14(16)18/h3-11H,1-2H3,(H,20,22). The van der Waals surface area contributed by atoms with Crippen LogP contribution in [0.1, 0.15) is 24.7 Å². The third-order valence-corrected chi connectivity index (χ3v) is 5.14. The topological polar surface area (TPSA) is 72.2 Å². The first-order valence-corrected chi connectivity index (χ1v) is 8.76. The Labute approximate surface area is 153 Å². The van der Waals surface area contributed by atoms with E-state index in [-0.39, 0.29) is 27.7 Å². The molecule has 2 atom stereocenters. The minimum absolute atomic E-state index is 0.0851. The molecule has 8 heteroatoms. The largest absolute Gasteiger partial charge is 0.324 e. The summed E-state index contributed by atoms with van der Waals surface area (Å²) >= 11 is 7.27. The van der Waals surface area contributed by atoms with Crippen molar-refractivity contribution in [1.82, 2.24) is 0 Å². The zero-order chi connectivity index (χ0) is 18.6. The van der Waals surface area contributed by atoms with Crippen molar-refractivity contribution in [3.8, 4) is 0 Å². The molecular formula is C17H16ClFN2O3S. The zero-order valence-corrected chi connectivity index (χ0v) is 15.1. The van der Waals surface area contributed by atoms with Crippen LogP contribution in [-0.4, -0.2) is 16.1 Å². The van der Waals surface area contributed by atoms with Crippen molar-refractivity contribution in [3.05, 3.63) is 69.0 Å². The third kappa shape index (κ3) is 4.93. The summed E-state index contributed by atoms with van der Waals surface area (Å²) in [6.07, 6.45) is 0. The Balaban J connectivity index is 2.03. The van der Waals surface area contributed by atoms with Gasteiger partial charge in [-0.25, -0.2) is 4.39 Å². The lowest BCUT2D eigenvalue weighted by molar-refractivity contribution is -0.384. The number of halogens is 2. The van der Waals surface area contributed by atoms with Crippen LogP contribution in [0.2, 0.25) is 5.02 Å². The fourth-order valence-electron chi connectivity index (χ4n) is 2.20. The highest BCUT2D eigenvalue weighted by atomic mass is 35.5. The number of nitrogens with zero attached hydrogens (tertiary/aromatic N) is 1. The quantitative estimate of drug-likeness (QED) is 0.550. The summed E-state index contributed by atoms with van der Waals surface area (Å²) in [4.78, 5) is 22.5. The molecule has 0 aliphatic rings. The Morgan fingerprint density at radius 3 is 2.56 bits per heavy atom. The van der Waals surface area contributed by atoms with Crippen LogP contribution in [-0.2, 0) is 4.79 Å². The number of nitrogens with one attached hydrogen (secondary N) is 1. The highest BCUT2D eigenvalue weighted by Gasteiger charge is 2.21. The van der Waals surface area contributed by atoms with E-state index in [2.05, 4.69) is 5.32 Å². The van der Waals surface area contributed by atoms with Gasteiger partial charge in [0.05, 0.1) is 20.9 Å². The van der Waals surface area contributed by atoms with Crippen molar-refractivity contribution in [2.75, 3.05) is 5.32 Å². The van der Waals surface area contributed by atoms with Crippen LogP contribution in [0.25, 0.3) is 0 Å². The van der Waals surface area contributed by atoms with Gasteiger partial charge in [0.15, 0.2) is 0 Å². The second-order valence-corrected chi connectivity index (χ2v) is 7.45. The van der Waals surface area contributed by atoms with E-state index in [0.717, 1.165) is 0 Å². The lowest BCUT2D eigenvalue weighted by Gasteiger charge is -2.18. The fourth-order valence-corrected chi connectivity index (χ4v) is 3.55. The molecule has 0 saturated heterocycles. The smallest absolute Gasteiger partial charge is 0.271 e. The molecule has 0 heterocycles. The molecule has 0 bridgehead atoms. The maximum absolute atomic E-state index is 13.8. The molecule has 2 aromatic carbocycles. The maximum atomic E-state index is 13.8. The van der Waals surface area contributed by atoms with Gasteiger partial charge in [0.2, 0.25) is 5.91 Å². The average Bonchev–Trinajstić information content (AvgIpc) is 2.56. The van der Waals surface area contributed by atoms with Crippen molar-refractivity contribution in [1.29, 1.82) is 0 Å². The minimum atomic E-state index is -0.563. The number of rotatable bonds is 6. The van der Waals surface area contributed by atoms with Crippen LogP contribution in [0, 0.1) is 15.9 Å². The summed E-state index contributed by atoms with van der Waals surface area (Å²) in [5.74, 6) is -0.627. The van der Waals surface area contributed by atoms with Crippen molar-refractivity contribution >= 4 is 40.6 Å². The molecule has 1 N–H and O–H groups in total. The van der Waals surface area contributed by atoms with E-state index in [1.807, 2.05) is 6.92 Å². The van der Waals surface area contributed by atoms with Crippen LogP contribution >= 0.6 is 23.4 Å². The molecule has 0 radical (unpaired) electrons. The predicted octanol–water partition coefficient (Wildman–Crippen LogP) is 5.21. The number of benzene rings is 2. The summed E-state index contributed by atoms with van der Waals surface area (Å²) in [6, 6.07) is 10.3. The number of hydrogen-bond donors (Lipinski definition) is 1. The summed E-state index contributed by atoms with van der Waals surface area (Å²) in [7, 11) is 0. The normalized spacial score (nSPS) is 13.1. The maximum Gasteiger partial charge on any atom is 0.271 e. The summed E-state index contributed by atoms with van der Waals surface area (Å²) in [6.45, 7) is 3.53. The van der Waals surface area contributed by atoms with E-state index in [0.29, 0.717) is 11.3 Å². The van der Waals surface area contributed by atoms with Crippen LogP contribution in [0.4, 0.5) is 15.8 Å². The number of nitro groups is 1. The molecule has 132 valence electrons. The van der Waals surface area contributed by atoms with E-state index < -0.39 is 10.2 Å². The second-order valence-electron chi connectivity index (χ2n) is 5.35. The van der Waals surface area contributed by atoms with Crippen molar-refractivity contribution in [2.24, 2.45) is 0 Å². The van der Waals surface area contributed by atoms with Gasteiger partial charge >= 0.3 is 0 Å². The Bertz CT molecular complexity index is 803. The third-order valence-electron chi connectivity index (χ3n) is 3.54. The molecule has 5 nitrogen and oxygen atoms in total. The van der Waals surface area contributed by atoms with Crippen LogP contribution in [0.5, 0.6) is 0 Å². The monoisotopic (exact) mass is 382 g/mol. The Kier molecular flexibility index (Phi) is 6.39. The minimum Gasteiger partial charge on any atom is -0.324 e. The van der Waals surface area contributed by atoms with Crippen molar-refractivity contribution in [2.45, 2.75) is 24.3 Å². The van der Waals surface area contributed by atoms with Crippen molar-refractivity contribution in [3.63, 3.8) is 0 Å². The molecule has 1 amide bonds. The van der Waals surface area contributed by atoms with Gasteiger partial charge in [0, 0.05) is 22.9 Å². The molecule has 25 heavy (non-hydrogen) atoms. The van der Waals surface area contributed by atoms with Gasteiger partial charge in [0.25, 0.3) is 5.69 Å². The lowest BCUT2D eigenvalue weighted by Crippen LogP contribution is -2.23. The number of anilines is 1. The van der Waals surface area contributed by atoms with Gasteiger partial charge < -0.3 is 5.32 Å². The fraction of sp³-hybridized carbons (Fsp3) is 0.235. The lowest BCUT2D eigenvalue weighted by atomic mass is 10.1. The molecular weight excluding hydrogens is 367 g/mol. The number of amides is 1. The van der Waals surface area contributed by atoms with E-state index >= 15 is 0 Å². The van der Waals surface area contributed by atoms with Crippen LogP contribution < -0.4 is 5.32 Å². The first-order valence-electron chi connectivity index (χ1n) is 7.44. The van der Waals surface area contributed by atoms with E-state index in [9.17, 15) is 19.3 Å². The Morgan fingerprint density at radius 1 is 1.28 bits per heavy atom. The van der Waals surface area contributed by atoms with Crippen LogP contribution in [0.3, 0.4) is 0 Å². The Morgan fingerprint density at radius 2 is 1.96 bits per heavy atom. The van der Waals surface area contributed by atoms with E-state index in [4.69, 9.17) is 11.6 Å². The highest BCUT2D eigenvalue weighted by molar-refractivity contribution is 8.00. The number of hydrogen-bond acceptors (Lipinski definition) is 4. The number of nitro benzene ring substituents is 1. The average molecular weight is 383 g/mol. The summed E-state index contributed by atoms with van der Waals surface area (Å²) in [5, 5.41) is 12.7. The summed E-state index contributed by atoms with van der Waals surface area (Å²) in [5.41, 5.74) is 0.669. The predicted molar refractivity (Wildman–Crippen MR) is 98.6 cm³/mol. The SMILES string of the molecule is CC(SC(C)c1ccccc1F)C(=O)Nc1ccc([N+](=O)[O-])cc1Cl. The first-order chi connectivity index (χ1) is 11.8. The van der Waals surface area contributed by atoms with Gasteiger partial charge in [-0.05, 0) is 26.0 Å². The van der Waals surface area contributed by atoms with E-state index in [1.165, 1.54) is 36.0 Å². The zero-order valence-electron chi connectivity index (χ0n) is 13.5. The van der Waals surface area contributed by atoms with Crippen molar-refractivity contribution < 1.29 is 14.1 Å². The molecule has 2 rings (SSSR count). The van der Waals surface area contributed by atoms with E-state index in [1.54, 1.807) is 25.1 Å². The van der Waals surface area contributed by atoms with Gasteiger partial charge in [-0.3, -0.25) is 14.9 Å². The molecule has 2 unspecified atom stereocenters. The van der Waals surface area contributed by atoms with Gasteiger partial charge in [-0.1, -0.05) is 29.8 Å². The molecule has 0 spiro atoms. The van der Waals surface area contributed by atoms with Crippen LogP contribution in [0.15, 0.2) is 42.5 Å². The van der Waals surface area contributed by atoms with Gasteiger partial charge in [-0.2, -0.15) is 0 Å². The summed E-state index contributed by atoms with van der Waals surface area (Å²) < 4.78 is 13.8. The molecule has 0 fully saturated rings. The first kappa shape index (κ1) is 19.2. The van der Waals surface area contributed by atoms with Gasteiger partial charge in [0.1, 0.15) is 5.82 Å². The number of thioether (sulfide) groups is 1. The molecule has 2 aromatic rings. The molecule has 0 aromatic heterocycles. The number of carbonyl (C=O) groups is 1. The molecule has 0 aliphatic heterocycles. The molecule has 0 aliphatic carbocycles. The highest BCUT2D eigenvalue weighted by Crippen LogP contribution is 2.34. The molecule has 0 saturated carbocycles. The Hall–Kier alpha value is -2.12.